The van der Waals surface area contributed by atoms with Gasteiger partial charge in [-0.25, -0.2) is 0 Å². The number of aliphatic hydroxyl groups excluding tert-OH is 4. The molecule has 0 fully saturated rings. The number of hydrogen-bond donors (Lipinski definition) is 5. The van der Waals surface area contributed by atoms with Gasteiger partial charge in [0.25, 0.3) is 0 Å². The second-order valence-electron chi connectivity index (χ2n) is 4.83. The van der Waals surface area contributed by atoms with Crippen LogP contribution in [-0.4, -0.2) is 64.1 Å². The molecule has 0 saturated carbocycles. The Labute approximate surface area is 112 Å². The standard InChI is InChI=1S/C12H23NO6/c1-7(5-14)3-10(17)13-4-8(2)11(18)12(19)9(16)6-15/h5,7-9,11-12,15-16,18-19H,3-4,6H2,1-2H3,(H,13,17)/t7-,8+,9-,11-,12-/m1/s1. The Bertz CT molecular complexity index is 285. The zero-order valence-corrected chi connectivity index (χ0v) is 11.2. The molecule has 5 N–H and O–H groups in total. The molecule has 0 aromatic rings. The smallest absolute Gasteiger partial charge is 0.220 e. The average molecular weight is 277 g/mol. The van der Waals surface area contributed by atoms with Gasteiger partial charge >= 0.3 is 0 Å². The maximum Gasteiger partial charge on any atom is 0.220 e. The van der Waals surface area contributed by atoms with Crippen LogP contribution in [0.2, 0.25) is 0 Å². The molecule has 0 bridgehead atoms. The highest BCUT2D eigenvalue weighted by Crippen LogP contribution is 2.10. The zero-order valence-electron chi connectivity index (χ0n) is 11.2. The van der Waals surface area contributed by atoms with Gasteiger partial charge in [0.15, 0.2) is 0 Å². The van der Waals surface area contributed by atoms with Crippen molar-refractivity contribution in [2.75, 3.05) is 13.2 Å². The predicted molar refractivity (Wildman–Crippen MR) is 67.1 cm³/mol. The van der Waals surface area contributed by atoms with Gasteiger partial charge in [0.2, 0.25) is 5.91 Å². The van der Waals surface area contributed by atoms with Gasteiger partial charge in [-0.1, -0.05) is 13.8 Å². The van der Waals surface area contributed by atoms with Gasteiger partial charge in [0.1, 0.15) is 18.5 Å². The summed E-state index contributed by atoms with van der Waals surface area (Å²) in [7, 11) is 0. The number of carbonyl (C=O) groups excluding carboxylic acids is 2. The van der Waals surface area contributed by atoms with Crippen molar-refractivity contribution in [2.24, 2.45) is 11.8 Å². The monoisotopic (exact) mass is 277 g/mol. The lowest BCUT2D eigenvalue weighted by Gasteiger charge is -2.26. The first-order chi connectivity index (χ1) is 8.83. The van der Waals surface area contributed by atoms with Crippen molar-refractivity contribution in [3.8, 4) is 0 Å². The van der Waals surface area contributed by atoms with E-state index in [-0.39, 0.29) is 24.8 Å². The summed E-state index contributed by atoms with van der Waals surface area (Å²) in [6.07, 6.45) is -3.44. The molecule has 112 valence electrons. The molecular formula is C12H23NO6. The molecule has 0 aliphatic rings. The van der Waals surface area contributed by atoms with E-state index in [2.05, 4.69) is 5.32 Å². The maximum atomic E-state index is 11.4. The van der Waals surface area contributed by atoms with Gasteiger partial charge in [-0.2, -0.15) is 0 Å². The summed E-state index contributed by atoms with van der Waals surface area (Å²) in [5, 5.41) is 39.6. The molecule has 0 rings (SSSR count). The minimum Gasteiger partial charge on any atom is -0.394 e. The number of amides is 1. The van der Waals surface area contributed by atoms with Gasteiger partial charge in [0.05, 0.1) is 12.7 Å². The van der Waals surface area contributed by atoms with Crippen LogP contribution in [-0.2, 0) is 9.59 Å². The Morgan fingerprint density at radius 3 is 2.26 bits per heavy atom. The lowest BCUT2D eigenvalue weighted by molar-refractivity contribution is -0.125. The highest BCUT2D eigenvalue weighted by atomic mass is 16.4. The largest absolute Gasteiger partial charge is 0.394 e. The van der Waals surface area contributed by atoms with Crippen LogP contribution in [0.5, 0.6) is 0 Å². The third-order valence-electron chi connectivity index (χ3n) is 2.88. The average Bonchev–Trinajstić information content (AvgIpc) is 2.41. The third-order valence-corrected chi connectivity index (χ3v) is 2.88. The fraction of sp³-hybridized carbons (Fsp3) is 0.833. The molecule has 0 aromatic carbocycles. The summed E-state index contributed by atoms with van der Waals surface area (Å²) < 4.78 is 0. The Morgan fingerprint density at radius 1 is 1.21 bits per heavy atom. The first kappa shape index (κ1) is 18.0. The molecule has 0 heterocycles. The van der Waals surface area contributed by atoms with E-state index in [1.807, 2.05) is 0 Å². The number of nitrogens with one attached hydrogen (secondary N) is 1. The minimum absolute atomic E-state index is 0.0636. The molecule has 7 nitrogen and oxygen atoms in total. The summed E-state index contributed by atoms with van der Waals surface area (Å²) in [5.74, 6) is -1.20. The van der Waals surface area contributed by atoms with Crippen molar-refractivity contribution in [1.29, 1.82) is 0 Å². The second kappa shape index (κ2) is 8.98. The number of carbonyl (C=O) groups is 2. The summed E-state index contributed by atoms with van der Waals surface area (Å²) in [5.41, 5.74) is 0. The Morgan fingerprint density at radius 2 is 1.79 bits per heavy atom. The SMILES string of the molecule is C[C@@H](C=O)CC(=O)NC[C@H](C)[C@@H](O)[C@H](O)[C@H](O)CO. The molecule has 0 aliphatic carbocycles. The fourth-order valence-corrected chi connectivity index (χ4v) is 1.48. The fourth-order valence-electron chi connectivity index (χ4n) is 1.48. The van der Waals surface area contributed by atoms with Crippen molar-refractivity contribution in [1.82, 2.24) is 5.32 Å². The van der Waals surface area contributed by atoms with Gasteiger partial charge in [-0.05, 0) is 0 Å². The Hall–Kier alpha value is -1.02. The summed E-state index contributed by atoms with van der Waals surface area (Å²) in [6, 6.07) is 0. The summed E-state index contributed by atoms with van der Waals surface area (Å²) in [4.78, 5) is 21.8. The van der Waals surface area contributed by atoms with E-state index in [1.54, 1.807) is 13.8 Å². The molecule has 0 radical (unpaired) electrons. The lowest BCUT2D eigenvalue weighted by Crippen LogP contribution is -2.45. The lowest BCUT2D eigenvalue weighted by atomic mass is 9.96. The van der Waals surface area contributed by atoms with Crippen molar-refractivity contribution in [3.05, 3.63) is 0 Å². The molecule has 0 saturated heterocycles. The van der Waals surface area contributed by atoms with Gasteiger partial charge in [-0.15, -0.1) is 0 Å². The van der Waals surface area contributed by atoms with Crippen molar-refractivity contribution in [2.45, 2.75) is 38.6 Å². The van der Waals surface area contributed by atoms with Crippen LogP contribution < -0.4 is 5.32 Å². The van der Waals surface area contributed by atoms with E-state index in [4.69, 9.17) is 5.11 Å². The van der Waals surface area contributed by atoms with Crippen LogP contribution in [0.15, 0.2) is 0 Å². The topological polar surface area (TPSA) is 127 Å². The number of aldehydes is 1. The minimum atomic E-state index is -1.48. The quantitative estimate of drug-likeness (QED) is 0.311. The molecule has 0 unspecified atom stereocenters. The van der Waals surface area contributed by atoms with Crippen molar-refractivity contribution in [3.63, 3.8) is 0 Å². The van der Waals surface area contributed by atoms with E-state index in [1.165, 1.54) is 0 Å². The van der Waals surface area contributed by atoms with Gasteiger partial charge in [-0.3, -0.25) is 4.79 Å². The van der Waals surface area contributed by atoms with Gasteiger partial charge < -0.3 is 30.5 Å². The number of rotatable bonds is 9. The normalized spacial score (nSPS) is 19.1. The first-order valence-electron chi connectivity index (χ1n) is 6.20. The molecule has 19 heavy (non-hydrogen) atoms. The van der Waals surface area contributed by atoms with Crippen LogP contribution >= 0.6 is 0 Å². The van der Waals surface area contributed by atoms with Gasteiger partial charge in [0, 0.05) is 24.8 Å². The second-order valence-corrected chi connectivity index (χ2v) is 4.83. The van der Waals surface area contributed by atoms with Crippen LogP contribution in [0.3, 0.4) is 0 Å². The number of hydrogen-bond acceptors (Lipinski definition) is 6. The summed E-state index contributed by atoms with van der Waals surface area (Å²) >= 11 is 0. The Balaban J connectivity index is 4.12. The van der Waals surface area contributed by atoms with Crippen molar-refractivity contribution < 1.29 is 30.0 Å². The van der Waals surface area contributed by atoms with E-state index in [0.29, 0.717) is 6.29 Å². The molecule has 7 heteroatoms. The molecule has 0 spiro atoms. The van der Waals surface area contributed by atoms with E-state index in [0.717, 1.165) is 0 Å². The van der Waals surface area contributed by atoms with E-state index >= 15 is 0 Å². The molecule has 5 atom stereocenters. The van der Waals surface area contributed by atoms with E-state index in [9.17, 15) is 24.9 Å². The number of aliphatic hydroxyl groups is 4. The molecule has 0 aromatic heterocycles. The van der Waals surface area contributed by atoms with Crippen LogP contribution in [0.1, 0.15) is 20.3 Å². The molecule has 0 aliphatic heterocycles. The molecular weight excluding hydrogens is 254 g/mol. The van der Waals surface area contributed by atoms with Crippen LogP contribution in [0.25, 0.3) is 0 Å². The molecule has 1 amide bonds. The zero-order chi connectivity index (χ0) is 15.0. The predicted octanol–water partition coefficient (Wildman–Crippen LogP) is -1.96. The summed E-state index contributed by atoms with van der Waals surface area (Å²) in [6.45, 7) is 2.64. The Kier molecular flexibility index (Phi) is 8.49. The highest BCUT2D eigenvalue weighted by molar-refractivity contribution is 5.78. The maximum absolute atomic E-state index is 11.4. The van der Waals surface area contributed by atoms with Crippen molar-refractivity contribution >= 4 is 12.2 Å². The third kappa shape index (κ3) is 6.63. The van der Waals surface area contributed by atoms with E-state index < -0.39 is 30.8 Å². The first-order valence-corrected chi connectivity index (χ1v) is 6.20. The highest BCUT2D eigenvalue weighted by Gasteiger charge is 2.28. The van der Waals surface area contributed by atoms with Crippen LogP contribution in [0, 0.1) is 11.8 Å². The van der Waals surface area contributed by atoms with Crippen LogP contribution in [0.4, 0.5) is 0 Å².